The zero-order valence-electron chi connectivity index (χ0n) is 18.2. The quantitative estimate of drug-likeness (QED) is 0.437. The Balaban J connectivity index is 1.67. The number of nitriles is 1. The Morgan fingerprint density at radius 2 is 1.94 bits per heavy atom. The molecule has 0 aliphatic rings. The van der Waals surface area contributed by atoms with Crippen molar-refractivity contribution in [2.45, 2.75) is 13.0 Å². The number of hydrogen-bond donors (Lipinski definition) is 2. The highest BCUT2D eigenvalue weighted by Crippen LogP contribution is 2.26. The Morgan fingerprint density at radius 3 is 2.59 bits per heavy atom. The van der Waals surface area contributed by atoms with Gasteiger partial charge in [0.15, 0.2) is 5.76 Å². The van der Waals surface area contributed by atoms with Crippen molar-refractivity contribution in [1.29, 1.82) is 5.26 Å². The zero-order valence-corrected chi connectivity index (χ0v) is 18.2. The highest BCUT2D eigenvalue weighted by molar-refractivity contribution is 6.06. The summed E-state index contributed by atoms with van der Waals surface area (Å²) in [5.41, 5.74) is 7.84. The van der Waals surface area contributed by atoms with Gasteiger partial charge in [-0.05, 0) is 54.6 Å². The molecule has 10 nitrogen and oxygen atoms in total. The van der Waals surface area contributed by atoms with Gasteiger partial charge in [0, 0.05) is 31.3 Å². The standard InChI is InChI=1S/C24H20N6O4/c1-29(23(33)20-3-2-12-34-20)17-8-9-19-18(13-17)27-24(30(19)11-10-21(26)31)28-22(32)16-6-4-15(14-25)5-7-16/h2-9,12-13H,10-11H2,1H3,(H2,26,31)(H,27,28,32). The highest BCUT2D eigenvalue weighted by Gasteiger charge is 2.19. The molecule has 3 amide bonds. The van der Waals surface area contributed by atoms with Crippen molar-refractivity contribution in [3.05, 3.63) is 77.7 Å². The van der Waals surface area contributed by atoms with Gasteiger partial charge in [0.05, 0.1) is 28.9 Å². The Labute approximate surface area is 194 Å². The van der Waals surface area contributed by atoms with Crippen LogP contribution in [0.25, 0.3) is 11.0 Å². The van der Waals surface area contributed by atoms with Gasteiger partial charge in [0.1, 0.15) is 0 Å². The number of hydrogen-bond acceptors (Lipinski definition) is 6. The average molecular weight is 456 g/mol. The lowest BCUT2D eigenvalue weighted by molar-refractivity contribution is -0.118. The number of anilines is 2. The van der Waals surface area contributed by atoms with Gasteiger partial charge in [-0.2, -0.15) is 5.26 Å². The first-order valence-corrected chi connectivity index (χ1v) is 10.3. The lowest BCUT2D eigenvalue weighted by Gasteiger charge is -2.16. The monoisotopic (exact) mass is 456 g/mol. The minimum atomic E-state index is -0.494. The van der Waals surface area contributed by atoms with E-state index in [1.165, 1.54) is 23.3 Å². The van der Waals surface area contributed by atoms with Crippen LogP contribution < -0.4 is 16.0 Å². The number of nitrogens with one attached hydrogen (secondary N) is 1. The second-order valence-electron chi connectivity index (χ2n) is 7.46. The van der Waals surface area contributed by atoms with Crippen LogP contribution >= 0.6 is 0 Å². The molecule has 4 rings (SSSR count). The summed E-state index contributed by atoms with van der Waals surface area (Å²) in [6, 6.07) is 16.6. The summed E-state index contributed by atoms with van der Waals surface area (Å²) in [6.45, 7) is 0.204. The number of carbonyl (C=O) groups is 3. The molecule has 0 saturated heterocycles. The third kappa shape index (κ3) is 4.49. The lowest BCUT2D eigenvalue weighted by atomic mass is 10.1. The van der Waals surface area contributed by atoms with E-state index in [0.717, 1.165) is 0 Å². The van der Waals surface area contributed by atoms with Gasteiger partial charge in [-0.1, -0.05) is 0 Å². The molecule has 2 aromatic heterocycles. The predicted molar refractivity (Wildman–Crippen MR) is 124 cm³/mol. The molecule has 2 aromatic carbocycles. The molecule has 0 unspecified atom stereocenters. The van der Waals surface area contributed by atoms with Gasteiger partial charge in [0.2, 0.25) is 11.9 Å². The van der Waals surface area contributed by atoms with E-state index in [1.54, 1.807) is 54.1 Å². The second kappa shape index (κ2) is 9.30. The lowest BCUT2D eigenvalue weighted by Crippen LogP contribution is -2.25. The van der Waals surface area contributed by atoms with Crippen LogP contribution in [0, 0.1) is 11.3 Å². The number of fused-ring (bicyclic) bond motifs is 1. The largest absolute Gasteiger partial charge is 0.459 e. The number of furan rings is 1. The molecule has 170 valence electrons. The fraction of sp³-hybridized carbons (Fsp3) is 0.125. The van der Waals surface area contributed by atoms with Crippen molar-refractivity contribution in [3.63, 3.8) is 0 Å². The number of amides is 3. The van der Waals surface area contributed by atoms with Crippen LogP contribution in [0.3, 0.4) is 0 Å². The molecule has 34 heavy (non-hydrogen) atoms. The summed E-state index contributed by atoms with van der Waals surface area (Å²) in [6.07, 6.45) is 1.47. The molecule has 3 N–H and O–H groups in total. The molecule has 0 fully saturated rings. The maximum absolute atomic E-state index is 12.8. The Bertz CT molecular complexity index is 1410. The molecule has 10 heteroatoms. The number of aryl methyl sites for hydroxylation is 1. The maximum Gasteiger partial charge on any atom is 0.293 e. The smallest absolute Gasteiger partial charge is 0.293 e. The van der Waals surface area contributed by atoms with Gasteiger partial charge in [0.25, 0.3) is 11.8 Å². The van der Waals surface area contributed by atoms with Gasteiger partial charge >= 0.3 is 0 Å². The average Bonchev–Trinajstić information content (AvgIpc) is 3.49. The fourth-order valence-electron chi connectivity index (χ4n) is 3.42. The molecule has 0 saturated carbocycles. The van der Waals surface area contributed by atoms with E-state index in [2.05, 4.69) is 10.3 Å². The van der Waals surface area contributed by atoms with Gasteiger partial charge in [-0.25, -0.2) is 4.98 Å². The molecule has 0 atom stereocenters. The van der Waals surface area contributed by atoms with Crippen LogP contribution in [-0.4, -0.2) is 34.3 Å². The molecule has 2 heterocycles. The Hall–Kier alpha value is -4.91. The first-order valence-electron chi connectivity index (χ1n) is 10.3. The Kier molecular flexibility index (Phi) is 6.09. The van der Waals surface area contributed by atoms with Gasteiger partial charge in [-0.15, -0.1) is 0 Å². The van der Waals surface area contributed by atoms with Gasteiger partial charge in [-0.3, -0.25) is 19.7 Å². The normalized spacial score (nSPS) is 10.6. The summed E-state index contributed by atoms with van der Waals surface area (Å²) < 4.78 is 6.86. The predicted octanol–water partition coefficient (Wildman–Crippen LogP) is 2.91. The van der Waals surface area contributed by atoms with Crippen molar-refractivity contribution in [3.8, 4) is 6.07 Å². The first kappa shape index (κ1) is 22.3. The Morgan fingerprint density at radius 1 is 1.18 bits per heavy atom. The molecule has 0 radical (unpaired) electrons. The van der Waals surface area contributed by atoms with E-state index in [0.29, 0.717) is 27.8 Å². The minimum Gasteiger partial charge on any atom is -0.459 e. The van der Waals surface area contributed by atoms with Crippen molar-refractivity contribution in [2.75, 3.05) is 17.3 Å². The van der Waals surface area contributed by atoms with E-state index in [4.69, 9.17) is 15.4 Å². The summed E-state index contributed by atoms with van der Waals surface area (Å²) in [5.74, 6) is -0.823. The number of nitrogens with two attached hydrogens (primary N) is 1. The van der Waals surface area contributed by atoms with Crippen LogP contribution in [0.1, 0.15) is 32.9 Å². The van der Waals surface area contributed by atoms with E-state index in [-0.39, 0.29) is 30.6 Å². The number of nitrogens with zero attached hydrogens (tertiary/aromatic N) is 4. The first-order chi connectivity index (χ1) is 16.4. The molecular weight excluding hydrogens is 436 g/mol. The van der Waals surface area contributed by atoms with Crippen LogP contribution in [0.4, 0.5) is 11.6 Å². The number of carbonyl (C=O) groups excluding carboxylic acids is 3. The molecule has 0 bridgehead atoms. The van der Waals surface area contributed by atoms with Crippen LogP contribution in [-0.2, 0) is 11.3 Å². The van der Waals surface area contributed by atoms with Crippen LogP contribution in [0.15, 0.2) is 65.3 Å². The van der Waals surface area contributed by atoms with Crippen LogP contribution in [0.5, 0.6) is 0 Å². The SMILES string of the molecule is CN(C(=O)c1ccco1)c1ccc2c(c1)nc(NC(=O)c1ccc(C#N)cc1)n2CCC(N)=O. The fourth-order valence-corrected chi connectivity index (χ4v) is 3.42. The number of imidazole rings is 1. The van der Waals surface area contributed by atoms with Crippen molar-refractivity contribution >= 4 is 40.4 Å². The van der Waals surface area contributed by atoms with Crippen LogP contribution in [0.2, 0.25) is 0 Å². The molecular formula is C24H20N6O4. The molecule has 0 aliphatic carbocycles. The van der Waals surface area contributed by atoms with E-state index in [1.807, 2.05) is 6.07 Å². The third-order valence-corrected chi connectivity index (χ3v) is 5.24. The van der Waals surface area contributed by atoms with Crippen molar-refractivity contribution < 1.29 is 18.8 Å². The summed E-state index contributed by atoms with van der Waals surface area (Å²) >= 11 is 0. The number of benzene rings is 2. The van der Waals surface area contributed by atoms with Crippen molar-refractivity contribution in [1.82, 2.24) is 9.55 Å². The van der Waals surface area contributed by atoms with E-state index < -0.39 is 11.8 Å². The van der Waals surface area contributed by atoms with Crippen molar-refractivity contribution in [2.24, 2.45) is 5.73 Å². The molecule has 4 aromatic rings. The number of aromatic nitrogens is 2. The van der Waals surface area contributed by atoms with E-state index >= 15 is 0 Å². The topological polar surface area (TPSA) is 147 Å². The number of rotatable bonds is 7. The summed E-state index contributed by atoms with van der Waals surface area (Å²) in [4.78, 5) is 42.7. The van der Waals surface area contributed by atoms with Gasteiger partial charge < -0.3 is 19.6 Å². The summed E-state index contributed by atoms with van der Waals surface area (Å²) in [7, 11) is 1.61. The zero-order chi connectivity index (χ0) is 24.2. The van der Waals surface area contributed by atoms with E-state index in [9.17, 15) is 14.4 Å². The second-order valence-corrected chi connectivity index (χ2v) is 7.46. The molecule has 0 spiro atoms. The maximum atomic E-state index is 12.8. The summed E-state index contributed by atoms with van der Waals surface area (Å²) in [5, 5.41) is 11.7. The molecule has 0 aliphatic heterocycles. The highest BCUT2D eigenvalue weighted by atomic mass is 16.3. The third-order valence-electron chi connectivity index (χ3n) is 5.24. The number of primary amides is 1. The minimum absolute atomic E-state index is 0.0455.